The lowest BCUT2D eigenvalue weighted by atomic mass is 9.90. The van der Waals surface area contributed by atoms with Crippen LogP contribution in [-0.4, -0.2) is 47.9 Å². The van der Waals surface area contributed by atoms with E-state index in [1.807, 2.05) is 47.4 Å². The second kappa shape index (κ2) is 7.56. The Balaban J connectivity index is 1.51. The quantitative estimate of drug-likeness (QED) is 0.849. The number of rotatable bonds is 4. The molecule has 26 heavy (non-hydrogen) atoms. The number of ether oxygens (including phenoxy) is 2. The number of hydrogen-bond donors (Lipinski definition) is 0. The van der Waals surface area contributed by atoms with E-state index in [0.29, 0.717) is 32.7 Å². The van der Waals surface area contributed by atoms with Gasteiger partial charge in [-0.15, -0.1) is 0 Å². The molecule has 2 aliphatic heterocycles. The average Bonchev–Trinajstić information content (AvgIpc) is 3.16. The molecule has 2 fully saturated rings. The Labute approximate surface area is 153 Å². The first-order valence-electron chi connectivity index (χ1n) is 9.26. The van der Waals surface area contributed by atoms with Gasteiger partial charge in [0.2, 0.25) is 5.91 Å². The van der Waals surface area contributed by atoms with Gasteiger partial charge in [-0.2, -0.15) is 0 Å². The SMILES string of the molecule is O=C(C(Cc1ccncc1)c1ccccc1)N1CCC2(CC1)OCCO2. The summed E-state index contributed by atoms with van der Waals surface area (Å²) < 4.78 is 11.6. The first-order chi connectivity index (χ1) is 12.8. The maximum Gasteiger partial charge on any atom is 0.230 e. The minimum atomic E-state index is -0.454. The molecule has 1 atom stereocenters. The number of carbonyl (C=O) groups excluding carboxylic acids is 1. The number of pyridine rings is 1. The summed E-state index contributed by atoms with van der Waals surface area (Å²) in [4.78, 5) is 19.4. The highest BCUT2D eigenvalue weighted by Gasteiger charge is 2.41. The van der Waals surface area contributed by atoms with Gasteiger partial charge in [0.25, 0.3) is 0 Å². The molecule has 0 aliphatic carbocycles. The van der Waals surface area contributed by atoms with Crippen LogP contribution in [0, 0.1) is 0 Å². The molecule has 1 amide bonds. The summed E-state index contributed by atoms with van der Waals surface area (Å²) in [6, 6.07) is 14.0. The molecule has 0 N–H and O–H groups in total. The Morgan fingerprint density at radius 1 is 1.04 bits per heavy atom. The summed E-state index contributed by atoms with van der Waals surface area (Å²) >= 11 is 0. The summed E-state index contributed by atoms with van der Waals surface area (Å²) in [5.74, 6) is -0.455. The van der Waals surface area contributed by atoms with Crippen molar-refractivity contribution in [3.05, 3.63) is 66.0 Å². The molecule has 5 nitrogen and oxygen atoms in total. The molecule has 3 heterocycles. The Morgan fingerprint density at radius 3 is 2.35 bits per heavy atom. The second-order valence-electron chi connectivity index (χ2n) is 6.96. The molecular formula is C21H24N2O3. The predicted octanol–water partition coefficient (Wildman–Crippen LogP) is 2.77. The molecule has 1 unspecified atom stereocenters. The molecule has 1 aromatic heterocycles. The minimum Gasteiger partial charge on any atom is -0.347 e. The third kappa shape index (κ3) is 3.64. The van der Waals surface area contributed by atoms with E-state index in [9.17, 15) is 4.79 Å². The van der Waals surface area contributed by atoms with E-state index in [0.717, 1.165) is 24.0 Å². The molecule has 5 heteroatoms. The van der Waals surface area contributed by atoms with Gasteiger partial charge in [0.1, 0.15) is 0 Å². The van der Waals surface area contributed by atoms with Crippen LogP contribution >= 0.6 is 0 Å². The highest BCUT2D eigenvalue weighted by molar-refractivity contribution is 5.84. The van der Waals surface area contributed by atoms with Crippen LogP contribution in [0.2, 0.25) is 0 Å². The average molecular weight is 352 g/mol. The Kier molecular flexibility index (Phi) is 5.00. The van der Waals surface area contributed by atoms with E-state index in [4.69, 9.17) is 9.47 Å². The van der Waals surface area contributed by atoms with Crippen LogP contribution in [0.4, 0.5) is 0 Å². The normalized spacial score (nSPS) is 20.2. The van der Waals surface area contributed by atoms with Crippen molar-refractivity contribution in [1.29, 1.82) is 0 Å². The van der Waals surface area contributed by atoms with Gasteiger partial charge in [0.05, 0.1) is 19.1 Å². The number of likely N-dealkylation sites (tertiary alicyclic amines) is 1. The molecule has 2 saturated heterocycles. The van der Waals surface area contributed by atoms with E-state index >= 15 is 0 Å². The van der Waals surface area contributed by atoms with Crippen LogP contribution in [0.3, 0.4) is 0 Å². The highest BCUT2D eigenvalue weighted by Crippen LogP contribution is 2.33. The van der Waals surface area contributed by atoms with Gasteiger partial charge in [-0.05, 0) is 29.7 Å². The molecular weight excluding hydrogens is 328 g/mol. The predicted molar refractivity (Wildman–Crippen MR) is 97.6 cm³/mol. The number of aromatic nitrogens is 1. The molecule has 2 aliphatic rings. The van der Waals surface area contributed by atoms with Crippen LogP contribution in [0.25, 0.3) is 0 Å². The van der Waals surface area contributed by atoms with Crippen molar-refractivity contribution in [2.75, 3.05) is 26.3 Å². The van der Waals surface area contributed by atoms with Gasteiger partial charge < -0.3 is 14.4 Å². The largest absolute Gasteiger partial charge is 0.347 e. The molecule has 0 radical (unpaired) electrons. The van der Waals surface area contributed by atoms with Crippen molar-refractivity contribution in [3.8, 4) is 0 Å². The second-order valence-corrected chi connectivity index (χ2v) is 6.96. The number of benzene rings is 1. The smallest absolute Gasteiger partial charge is 0.230 e. The van der Waals surface area contributed by atoms with Crippen molar-refractivity contribution in [3.63, 3.8) is 0 Å². The number of piperidine rings is 1. The lowest BCUT2D eigenvalue weighted by molar-refractivity contribution is -0.187. The summed E-state index contributed by atoms with van der Waals surface area (Å²) in [6.45, 7) is 2.67. The topological polar surface area (TPSA) is 51.7 Å². The molecule has 1 aromatic carbocycles. The summed E-state index contributed by atoms with van der Waals surface area (Å²) in [7, 11) is 0. The molecule has 0 bridgehead atoms. The minimum absolute atomic E-state index is 0.181. The zero-order valence-corrected chi connectivity index (χ0v) is 14.8. The fourth-order valence-electron chi connectivity index (χ4n) is 3.86. The summed E-state index contributed by atoms with van der Waals surface area (Å²) in [5.41, 5.74) is 2.18. The first kappa shape index (κ1) is 17.2. The van der Waals surface area contributed by atoms with Gasteiger partial charge in [0, 0.05) is 38.3 Å². The van der Waals surface area contributed by atoms with Gasteiger partial charge in [-0.3, -0.25) is 9.78 Å². The summed E-state index contributed by atoms with van der Waals surface area (Å²) in [5, 5.41) is 0. The Morgan fingerprint density at radius 2 is 1.69 bits per heavy atom. The van der Waals surface area contributed by atoms with Gasteiger partial charge >= 0.3 is 0 Å². The van der Waals surface area contributed by atoms with E-state index in [-0.39, 0.29) is 11.8 Å². The Hall–Kier alpha value is -2.24. The van der Waals surface area contributed by atoms with Gasteiger partial charge in [-0.25, -0.2) is 0 Å². The molecule has 2 aromatic rings. The monoisotopic (exact) mass is 352 g/mol. The number of carbonyl (C=O) groups is 1. The van der Waals surface area contributed by atoms with E-state index in [2.05, 4.69) is 4.98 Å². The fourth-order valence-corrected chi connectivity index (χ4v) is 3.86. The lowest BCUT2D eigenvalue weighted by Gasteiger charge is -2.39. The van der Waals surface area contributed by atoms with Gasteiger partial charge in [0.15, 0.2) is 5.79 Å². The van der Waals surface area contributed by atoms with Crippen molar-refractivity contribution in [2.45, 2.75) is 31.0 Å². The highest BCUT2D eigenvalue weighted by atomic mass is 16.7. The van der Waals surface area contributed by atoms with Crippen LogP contribution in [-0.2, 0) is 20.7 Å². The van der Waals surface area contributed by atoms with Crippen LogP contribution < -0.4 is 0 Å². The first-order valence-corrected chi connectivity index (χ1v) is 9.26. The summed E-state index contributed by atoms with van der Waals surface area (Å²) in [6.07, 6.45) is 5.73. The van der Waals surface area contributed by atoms with E-state index < -0.39 is 5.79 Å². The molecule has 0 saturated carbocycles. The zero-order valence-electron chi connectivity index (χ0n) is 14.8. The molecule has 4 rings (SSSR count). The molecule has 136 valence electrons. The van der Waals surface area contributed by atoms with E-state index in [1.165, 1.54) is 0 Å². The number of amides is 1. The third-order valence-corrected chi connectivity index (χ3v) is 5.34. The third-order valence-electron chi connectivity index (χ3n) is 5.34. The van der Waals surface area contributed by atoms with Crippen molar-refractivity contribution in [2.24, 2.45) is 0 Å². The molecule has 1 spiro atoms. The maximum atomic E-state index is 13.3. The van der Waals surface area contributed by atoms with E-state index in [1.54, 1.807) is 12.4 Å². The van der Waals surface area contributed by atoms with Crippen molar-refractivity contribution in [1.82, 2.24) is 9.88 Å². The van der Waals surface area contributed by atoms with Crippen LogP contribution in [0.5, 0.6) is 0 Å². The zero-order chi connectivity index (χ0) is 17.8. The number of nitrogens with zero attached hydrogens (tertiary/aromatic N) is 2. The van der Waals surface area contributed by atoms with Crippen molar-refractivity contribution >= 4 is 5.91 Å². The number of hydrogen-bond acceptors (Lipinski definition) is 4. The van der Waals surface area contributed by atoms with Crippen LogP contribution in [0.15, 0.2) is 54.9 Å². The fraction of sp³-hybridized carbons (Fsp3) is 0.429. The van der Waals surface area contributed by atoms with Gasteiger partial charge in [-0.1, -0.05) is 30.3 Å². The lowest BCUT2D eigenvalue weighted by Crippen LogP contribution is -2.48. The standard InChI is InChI=1S/C21H24N2O3/c24-20(23-12-8-21(9-13-23)25-14-15-26-21)19(18-4-2-1-3-5-18)16-17-6-10-22-11-7-17/h1-7,10-11,19H,8-9,12-16H2. The van der Waals surface area contributed by atoms with Crippen LogP contribution in [0.1, 0.15) is 29.9 Å². The van der Waals surface area contributed by atoms with Crippen molar-refractivity contribution < 1.29 is 14.3 Å². The Bertz CT molecular complexity index is 719. The maximum absolute atomic E-state index is 13.3.